The number of aromatic nitrogens is 6. The summed E-state index contributed by atoms with van der Waals surface area (Å²) in [6.07, 6.45) is 2.58. The summed E-state index contributed by atoms with van der Waals surface area (Å²) >= 11 is 1.34. The molecule has 11 heteroatoms. The van der Waals surface area contributed by atoms with E-state index in [0.29, 0.717) is 33.2 Å². The highest BCUT2D eigenvalue weighted by Crippen LogP contribution is 2.38. The average Bonchev–Trinajstić information content (AvgIpc) is 3.40. The van der Waals surface area contributed by atoms with Crippen LogP contribution >= 0.6 is 11.8 Å². The first-order valence-corrected chi connectivity index (χ1v) is 12.0. The van der Waals surface area contributed by atoms with Crippen LogP contribution in [0.15, 0.2) is 40.8 Å². The summed E-state index contributed by atoms with van der Waals surface area (Å²) in [5.41, 5.74) is 9.90. The molecule has 2 atom stereocenters. The van der Waals surface area contributed by atoms with Gasteiger partial charge in [0.1, 0.15) is 17.3 Å². The molecule has 6 rings (SSSR count). The lowest BCUT2D eigenvalue weighted by Gasteiger charge is -2.36. The Kier molecular flexibility index (Phi) is 5.03. The first-order valence-electron chi connectivity index (χ1n) is 11.2. The van der Waals surface area contributed by atoms with Crippen molar-refractivity contribution in [1.82, 2.24) is 29.9 Å². The summed E-state index contributed by atoms with van der Waals surface area (Å²) in [6.45, 7) is 3.70. The van der Waals surface area contributed by atoms with Gasteiger partial charge in [-0.25, -0.2) is 24.3 Å². The molecule has 34 heavy (non-hydrogen) atoms. The summed E-state index contributed by atoms with van der Waals surface area (Å²) in [5, 5.41) is 5.84. The predicted molar refractivity (Wildman–Crippen MR) is 133 cm³/mol. The number of anilines is 2. The predicted octanol–water partition coefficient (Wildman–Crippen LogP) is 3.89. The Bertz CT molecular complexity index is 1490. The van der Waals surface area contributed by atoms with Crippen LogP contribution in [0.4, 0.5) is 15.9 Å². The van der Waals surface area contributed by atoms with E-state index in [-0.39, 0.29) is 11.9 Å². The van der Waals surface area contributed by atoms with Gasteiger partial charge in [0.2, 0.25) is 0 Å². The van der Waals surface area contributed by atoms with Crippen molar-refractivity contribution in [2.24, 2.45) is 11.7 Å². The third-order valence-corrected chi connectivity index (χ3v) is 7.20. The second-order valence-electron chi connectivity index (χ2n) is 8.70. The standard InChI is InChI=1S/C23H24FN9S/c1-11-10-33(7-5-14(11)25)21-17-13-8-12(24)9-16(26-2)18(13)29-20(17)31-23(32-21)34-22-28-15-4-3-6-27-19(15)30-22/h3-4,6,8-9,11,14,26H,5,7,10,25H2,1-2H3,(H,27,28,30)(H,29,31,32). The van der Waals surface area contributed by atoms with E-state index >= 15 is 0 Å². The summed E-state index contributed by atoms with van der Waals surface area (Å²) in [5.74, 6) is 0.775. The Morgan fingerprint density at radius 2 is 2.12 bits per heavy atom. The molecule has 0 aliphatic carbocycles. The van der Waals surface area contributed by atoms with E-state index in [4.69, 9.17) is 15.7 Å². The van der Waals surface area contributed by atoms with Crippen LogP contribution in [0.25, 0.3) is 33.1 Å². The van der Waals surface area contributed by atoms with Crippen LogP contribution in [-0.2, 0) is 0 Å². The number of hydrogen-bond acceptors (Lipinski definition) is 8. The lowest BCUT2D eigenvalue weighted by atomic mass is 9.94. The molecular formula is C23H24FN9S. The molecule has 174 valence electrons. The van der Waals surface area contributed by atoms with Crippen LogP contribution in [0.2, 0.25) is 0 Å². The second kappa shape index (κ2) is 8.10. The molecule has 5 N–H and O–H groups in total. The van der Waals surface area contributed by atoms with E-state index in [0.717, 1.165) is 47.1 Å². The molecule has 1 aliphatic heterocycles. The molecule has 1 aliphatic rings. The minimum absolute atomic E-state index is 0.154. The maximum absolute atomic E-state index is 14.5. The lowest BCUT2D eigenvalue weighted by molar-refractivity contribution is 0.381. The number of pyridine rings is 1. The molecule has 2 unspecified atom stereocenters. The Morgan fingerprint density at radius 3 is 2.91 bits per heavy atom. The van der Waals surface area contributed by atoms with E-state index in [9.17, 15) is 4.39 Å². The van der Waals surface area contributed by atoms with Crippen molar-refractivity contribution in [2.45, 2.75) is 29.7 Å². The Hall–Kier alpha value is -3.44. The molecule has 1 saturated heterocycles. The van der Waals surface area contributed by atoms with Gasteiger partial charge in [-0.15, -0.1) is 0 Å². The van der Waals surface area contributed by atoms with Crippen molar-refractivity contribution in [3.8, 4) is 0 Å². The zero-order chi connectivity index (χ0) is 23.4. The number of piperidine rings is 1. The summed E-state index contributed by atoms with van der Waals surface area (Å²) in [4.78, 5) is 27.5. The smallest absolute Gasteiger partial charge is 0.199 e. The number of halogens is 1. The first-order chi connectivity index (χ1) is 16.5. The summed E-state index contributed by atoms with van der Waals surface area (Å²) < 4.78 is 14.5. The van der Waals surface area contributed by atoms with Gasteiger partial charge in [-0.1, -0.05) is 6.92 Å². The van der Waals surface area contributed by atoms with E-state index in [2.05, 4.69) is 37.1 Å². The number of nitrogens with zero attached hydrogens (tertiary/aromatic N) is 5. The largest absolute Gasteiger partial charge is 0.386 e. The SMILES string of the molecule is CNc1cc(F)cc2c1[nH]c1nc(Sc3nc4ncccc4[nH]3)nc(N3CCC(N)C(C)C3)c12. The lowest BCUT2D eigenvalue weighted by Crippen LogP contribution is -2.46. The van der Waals surface area contributed by atoms with Gasteiger partial charge < -0.3 is 25.9 Å². The molecule has 0 amide bonds. The number of nitrogens with two attached hydrogens (primary N) is 1. The van der Waals surface area contributed by atoms with Crippen molar-refractivity contribution in [3.05, 3.63) is 36.3 Å². The first kappa shape index (κ1) is 21.1. The molecule has 9 nitrogen and oxygen atoms in total. The third-order valence-electron chi connectivity index (χ3n) is 6.45. The number of imidazole rings is 1. The number of nitrogens with one attached hydrogen (secondary N) is 3. The van der Waals surface area contributed by atoms with E-state index < -0.39 is 0 Å². The molecule has 1 fully saturated rings. The van der Waals surface area contributed by atoms with Crippen LogP contribution < -0.4 is 16.0 Å². The van der Waals surface area contributed by atoms with Crippen molar-refractivity contribution in [1.29, 1.82) is 0 Å². The normalized spacial score (nSPS) is 18.9. The van der Waals surface area contributed by atoms with Crippen LogP contribution in [0.5, 0.6) is 0 Å². The van der Waals surface area contributed by atoms with Crippen LogP contribution in [0.1, 0.15) is 13.3 Å². The van der Waals surface area contributed by atoms with Gasteiger partial charge in [-0.2, -0.15) is 0 Å². The molecule has 0 radical (unpaired) electrons. The maximum atomic E-state index is 14.5. The Morgan fingerprint density at radius 1 is 1.24 bits per heavy atom. The van der Waals surface area contributed by atoms with Gasteiger partial charge >= 0.3 is 0 Å². The van der Waals surface area contributed by atoms with Gasteiger partial charge in [-0.3, -0.25) is 0 Å². The highest BCUT2D eigenvalue weighted by Gasteiger charge is 2.28. The maximum Gasteiger partial charge on any atom is 0.199 e. The molecule has 0 spiro atoms. The van der Waals surface area contributed by atoms with Crippen LogP contribution in [-0.4, -0.2) is 56.1 Å². The monoisotopic (exact) mass is 477 g/mol. The zero-order valence-electron chi connectivity index (χ0n) is 18.8. The Balaban J connectivity index is 1.53. The fourth-order valence-corrected chi connectivity index (χ4v) is 5.35. The summed E-state index contributed by atoms with van der Waals surface area (Å²) in [6, 6.07) is 6.96. The van der Waals surface area contributed by atoms with Gasteiger partial charge in [0.15, 0.2) is 16.0 Å². The minimum Gasteiger partial charge on any atom is -0.386 e. The fraction of sp³-hybridized carbons (Fsp3) is 0.304. The quantitative estimate of drug-likeness (QED) is 0.288. The third kappa shape index (κ3) is 3.51. The van der Waals surface area contributed by atoms with Gasteiger partial charge in [0.05, 0.1) is 22.1 Å². The van der Waals surface area contributed by atoms with Gasteiger partial charge in [0, 0.05) is 37.8 Å². The molecule has 0 saturated carbocycles. The second-order valence-corrected chi connectivity index (χ2v) is 9.65. The topological polar surface area (TPSA) is 124 Å². The van der Waals surface area contributed by atoms with E-state index in [1.807, 2.05) is 12.1 Å². The number of H-pyrrole nitrogens is 2. The van der Waals surface area contributed by atoms with Crippen molar-refractivity contribution < 1.29 is 4.39 Å². The highest BCUT2D eigenvalue weighted by molar-refractivity contribution is 7.99. The number of fused-ring (bicyclic) bond motifs is 4. The Labute approximate surface area is 198 Å². The van der Waals surface area contributed by atoms with Crippen molar-refractivity contribution >= 4 is 56.4 Å². The van der Waals surface area contributed by atoms with E-state index in [1.54, 1.807) is 19.3 Å². The summed E-state index contributed by atoms with van der Waals surface area (Å²) in [7, 11) is 1.77. The van der Waals surface area contributed by atoms with Crippen LogP contribution in [0.3, 0.4) is 0 Å². The molecule has 5 aromatic rings. The van der Waals surface area contributed by atoms with Crippen molar-refractivity contribution in [3.63, 3.8) is 0 Å². The molecule has 4 aromatic heterocycles. The van der Waals surface area contributed by atoms with E-state index in [1.165, 1.54) is 17.8 Å². The molecular weight excluding hydrogens is 453 g/mol. The average molecular weight is 478 g/mol. The zero-order valence-corrected chi connectivity index (χ0v) is 19.6. The van der Waals surface area contributed by atoms with Crippen LogP contribution in [0, 0.1) is 11.7 Å². The number of hydrogen-bond donors (Lipinski definition) is 4. The molecule has 5 heterocycles. The number of rotatable bonds is 4. The van der Waals surface area contributed by atoms with Crippen molar-refractivity contribution in [2.75, 3.05) is 30.4 Å². The number of benzene rings is 1. The van der Waals surface area contributed by atoms with Gasteiger partial charge in [0.25, 0.3) is 0 Å². The van der Waals surface area contributed by atoms with Gasteiger partial charge in [-0.05, 0) is 48.4 Å². The molecule has 1 aromatic carbocycles. The minimum atomic E-state index is -0.314. The molecule has 0 bridgehead atoms. The fourth-order valence-electron chi connectivity index (χ4n) is 4.61. The number of aromatic amines is 2. The highest BCUT2D eigenvalue weighted by atomic mass is 32.2.